The van der Waals surface area contributed by atoms with Gasteiger partial charge in [0.15, 0.2) is 0 Å². The Balaban J connectivity index is 2.98. The van der Waals surface area contributed by atoms with Crippen molar-refractivity contribution in [3.05, 3.63) is 24.8 Å². The molecule has 0 aromatic heterocycles. The fourth-order valence-corrected chi connectivity index (χ4v) is 0.511. The smallest absolute Gasteiger partial charge is 0.225 e. The Bertz CT molecular complexity index is 103. The molecule has 0 bridgehead atoms. The van der Waals surface area contributed by atoms with E-state index in [9.17, 15) is 4.79 Å². The quantitative estimate of drug-likeness (QED) is 0.310. The highest BCUT2D eigenvalue weighted by molar-refractivity contribution is 5.65. The van der Waals surface area contributed by atoms with Gasteiger partial charge in [0.25, 0.3) is 0 Å². The number of unbranched alkanes of at least 4 members (excludes halogenated alkanes) is 2. The third-order valence-electron chi connectivity index (χ3n) is 0.965. The van der Waals surface area contributed by atoms with Gasteiger partial charge in [-0.15, -0.1) is 6.58 Å². The van der Waals surface area contributed by atoms with Gasteiger partial charge in [0.2, 0.25) is 6.29 Å². The second-order valence-electron chi connectivity index (χ2n) is 1.74. The van der Waals surface area contributed by atoms with Crippen molar-refractivity contribution < 1.29 is 4.79 Å². The predicted octanol–water partition coefficient (Wildman–Crippen LogP) is 2.01. The van der Waals surface area contributed by atoms with E-state index in [1.54, 1.807) is 6.29 Å². The molecule has 0 aliphatic carbocycles. The highest BCUT2D eigenvalue weighted by Gasteiger charge is 1.77. The highest BCUT2D eigenvalue weighted by atomic mass is 16.1. The summed E-state index contributed by atoms with van der Waals surface area (Å²) < 4.78 is 0. The van der Waals surface area contributed by atoms with Crippen LogP contribution in [0, 0.1) is 0 Å². The summed E-state index contributed by atoms with van der Waals surface area (Å²) in [6.45, 7) is 3.58. The molecule has 49 valence electrons. The van der Waals surface area contributed by atoms with Crippen molar-refractivity contribution in [2.45, 2.75) is 19.3 Å². The predicted molar refractivity (Wildman–Crippen MR) is 38.9 cm³/mol. The van der Waals surface area contributed by atoms with Crippen LogP contribution in [0.1, 0.15) is 19.3 Å². The van der Waals surface area contributed by atoms with Crippen molar-refractivity contribution in [1.82, 2.24) is 0 Å². The fourth-order valence-electron chi connectivity index (χ4n) is 0.511. The molecule has 0 aromatic rings. The standard InChI is InChI=1S/C8H11O/c1-2-3-4-5-6-7-8-9/h2,6-7H,1,3-5H2. The van der Waals surface area contributed by atoms with E-state index < -0.39 is 0 Å². The van der Waals surface area contributed by atoms with Crippen molar-refractivity contribution in [2.24, 2.45) is 0 Å². The number of carbonyl (C=O) groups excluding carboxylic acids is 1. The maximum absolute atomic E-state index is 9.61. The van der Waals surface area contributed by atoms with E-state index in [-0.39, 0.29) is 0 Å². The first-order valence-electron chi connectivity index (χ1n) is 3.05. The molecule has 9 heavy (non-hydrogen) atoms. The first-order valence-corrected chi connectivity index (χ1v) is 3.05. The van der Waals surface area contributed by atoms with Crippen molar-refractivity contribution in [2.75, 3.05) is 0 Å². The first kappa shape index (κ1) is 8.15. The molecule has 0 rings (SSSR count). The largest absolute Gasteiger partial charge is 0.286 e. The molecule has 0 aromatic carbocycles. The van der Waals surface area contributed by atoms with Crippen LogP contribution in [0.3, 0.4) is 0 Å². The van der Waals surface area contributed by atoms with Gasteiger partial charge in [0.05, 0.1) is 0 Å². The lowest BCUT2D eigenvalue weighted by molar-refractivity contribution is 0.564. The van der Waals surface area contributed by atoms with Gasteiger partial charge in [0.1, 0.15) is 0 Å². The van der Waals surface area contributed by atoms with Crippen molar-refractivity contribution >= 4 is 6.29 Å². The van der Waals surface area contributed by atoms with Crippen LogP contribution in [0.15, 0.2) is 24.8 Å². The Morgan fingerprint density at radius 3 is 2.78 bits per heavy atom. The van der Waals surface area contributed by atoms with Gasteiger partial charge in [-0.25, -0.2) is 0 Å². The molecule has 0 aliphatic rings. The molecule has 0 fully saturated rings. The van der Waals surface area contributed by atoms with Gasteiger partial charge >= 0.3 is 0 Å². The van der Waals surface area contributed by atoms with Crippen molar-refractivity contribution in [3.8, 4) is 0 Å². The van der Waals surface area contributed by atoms with Crippen LogP contribution < -0.4 is 0 Å². The molecule has 0 atom stereocenters. The summed E-state index contributed by atoms with van der Waals surface area (Å²) in [6, 6.07) is 0. The normalized spacial score (nSPS) is 9.78. The van der Waals surface area contributed by atoms with E-state index in [2.05, 4.69) is 6.58 Å². The monoisotopic (exact) mass is 123 g/mol. The second-order valence-corrected chi connectivity index (χ2v) is 1.74. The zero-order valence-corrected chi connectivity index (χ0v) is 5.47. The van der Waals surface area contributed by atoms with Crippen LogP contribution in [-0.2, 0) is 4.79 Å². The van der Waals surface area contributed by atoms with Crippen LogP contribution in [0.4, 0.5) is 0 Å². The van der Waals surface area contributed by atoms with Crippen LogP contribution in [0.2, 0.25) is 0 Å². The summed E-state index contributed by atoms with van der Waals surface area (Å²) in [6.07, 6.45) is 9.82. The molecule has 0 amide bonds. The Morgan fingerprint density at radius 2 is 2.22 bits per heavy atom. The molecule has 0 N–H and O–H groups in total. The minimum atomic E-state index is 0.946. The number of hydrogen-bond acceptors (Lipinski definition) is 1. The zero-order chi connectivity index (χ0) is 6.95. The Hall–Kier alpha value is -0.850. The Kier molecular flexibility index (Phi) is 6.47. The van der Waals surface area contributed by atoms with Gasteiger partial charge in [-0.05, 0) is 25.3 Å². The first-order chi connectivity index (χ1) is 4.41. The van der Waals surface area contributed by atoms with Gasteiger partial charge in [-0.3, -0.25) is 4.79 Å². The van der Waals surface area contributed by atoms with Crippen molar-refractivity contribution in [1.29, 1.82) is 0 Å². The lowest BCUT2D eigenvalue weighted by atomic mass is 10.2. The topological polar surface area (TPSA) is 17.1 Å². The lowest BCUT2D eigenvalue weighted by Crippen LogP contribution is -1.67. The summed E-state index contributed by atoms with van der Waals surface area (Å²) >= 11 is 0. The molecule has 0 saturated heterocycles. The highest BCUT2D eigenvalue weighted by Crippen LogP contribution is 1.95. The Labute approximate surface area is 56.1 Å². The second kappa shape index (κ2) is 7.15. The average molecular weight is 123 g/mol. The maximum Gasteiger partial charge on any atom is 0.225 e. The summed E-state index contributed by atoms with van der Waals surface area (Å²) in [5.41, 5.74) is 0. The van der Waals surface area contributed by atoms with Gasteiger partial charge in [-0.1, -0.05) is 12.2 Å². The molecular formula is C8H11O. The summed E-state index contributed by atoms with van der Waals surface area (Å²) in [5.74, 6) is 0. The van der Waals surface area contributed by atoms with E-state index in [1.165, 1.54) is 6.08 Å². The Morgan fingerprint density at radius 1 is 1.44 bits per heavy atom. The molecule has 0 aliphatic heterocycles. The van der Waals surface area contributed by atoms with Gasteiger partial charge in [-0.2, -0.15) is 0 Å². The molecule has 0 heterocycles. The molecular weight excluding hydrogens is 112 g/mol. The van der Waals surface area contributed by atoms with E-state index in [0.717, 1.165) is 19.3 Å². The van der Waals surface area contributed by atoms with Gasteiger partial charge < -0.3 is 0 Å². The lowest BCUT2D eigenvalue weighted by Gasteiger charge is -1.85. The molecule has 0 spiro atoms. The molecule has 0 saturated carbocycles. The van der Waals surface area contributed by atoms with Crippen molar-refractivity contribution in [3.63, 3.8) is 0 Å². The number of rotatable bonds is 5. The maximum atomic E-state index is 9.61. The van der Waals surface area contributed by atoms with E-state index in [1.807, 2.05) is 12.2 Å². The zero-order valence-electron chi connectivity index (χ0n) is 5.47. The van der Waals surface area contributed by atoms with Crippen LogP contribution >= 0.6 is 0 Å². The molecule has 1 nitrogen and oxygen atoms in total. The van der Waals surface area contributed by atoms with Crippen LogP contribution in [0.25, 0.3) is 0 Å². The minimum absolute atomic E-state index is 0.946. The van der Waals surface area contributed by atoms with E-state index in [0.29, 0.717) is 0 Å². The minimum Gasteiger partial charge on any atom is -0.286 e. The average Bonchev–Trinajstić information content (AvgIpc) is 1.89. The summed E-state index contributed by atoms with van der Waals surface area (Å²) in [7, 11) is 0. The van der Waals surface area contributed by atoms with Crippen LogP contribution in [0.5, 0.6) is 0 Å². The number of allylic oxidation sites excluding steroid dienone is 3. The number of hydrogen-bond donors (Lipinski definition) is 0. The summed E-state index contributed by atoms with van der Waals surface area (Å²) in [5, 5.41) is 0. The third-order valence-corrected chi connectivity index (χ3v) is 0.965. The third kappa shape index (κ3) is 7.15. The van der Waals surface area contributed by atoms with E-state index in [4.69, 9.17) is 0 Å². The van der Waals surface area contributed by atoms with E-state index >= 15 is 0 Å². The molecule has 0 unspecified atom stereocenters. The SMILES string of the molecule is C=CCCCC=C[C]=O. The summed E-state index contributed by atoms with van der Waals surface area (Å²) in [4.78, 5) is 9.61. The molecule has 1 radical (unpaired) electrons. The fraction of sp³-hybridized carbons (Fsp3) is 0.375. The van der Waals surface area contributed by atoms with Gasteiger partial charge in [0, 0.05) is 0 Å². The molecule has 1 heteroatoms. The van der Waals surface area contributed by atoms with Crippen LogP contribution in [-0.4, -0.2) is 6.29 Å².